The number of Topliss-reactive ketones (excluding diaryl/α,β-unsaturated/α-hetero) is 1. The van der Waals surface area contributed by atoms with Gasteiger partial charge in [-0.2, -0.15) is 0 Å². The van der Waals surface area contributed by atoms with Gasteiger partial charge in [-0.15, -0.1) is 0 Å². The number of hydrogen-bond donors (Lipinski definition) is 0. The summed E-state index contributed by atoms with van der Waals surface area (Å²) in [6.45, 7) is 4.59. The Labute approximate surface area is 139 Å². The summed E-state index contributed by atoms with van der Waals surface area (Å²) in [6, 6.07) is 9.06. The molecule has 0 amide bonds. The second-order valence-corrected chi connectivity index (χ2v) is 5.55. The van der Waals surface area contributed by atoms with E-state index in [0.29, 0.717) is 35.2 Å². The number of carbonyl (C=O) groups is 1. The van der Waals surface area contributed by atoms with Crippen LogP contribution in [0.3, 0.4) is 0 Å². The SMILES string of the molecule is CCOc1ccc2c(c1C)O/C(=C\c1ccc3c(c1)OCO3)C2=O. The Hall–Kier alpha value is -2.95. The van der Waals surface area contributed by atoms with Gasteiger partial charge in [0.15, 0.2) is 17.3 Å². The fourth-order valence-corrected chi connectivity index (χ4v) is 2.83. The van der Waals surface area contributed by atoms with E-state index in [1.54, 1.807) is 12.1 Å². The lowest BCUT2D eigenvalue weighted by Gasteiger charge is -2.09. The molecule has 0 atom stereocenters. The highest BCUT2D eigenvalue weighted by atomic mass is 16.7. The minimum Gasteiger partial charge on any atom is -0.493 e. The van der Waals surface area contributed by atoms with E-state index in [2.05, 4.69) is 0 Å². The number of allylic oxidation sites excluding steroid dienone is 1. The van der Waals surface area contributed by atoms with Crippen LogP contribution in [-0.2, 0) is 0 Å². The van der Waals surface area contributed by atoms with Crippen molar-refractivity contribution in [2.75, 3.05) is 13.4 Å². The average molecular weight is 324 g/mol. The largest absolute Gasteiger partial charge is 0.493 e. The molecule has 0 bridgehead atoms. The van der Waals surface area contributed by atoms with E-state index < -0.39 is 0 Å². The van der Waals surface area contributed by atoms with Gasteiger partial charge in [-0.05, 0) is 49.8 Å². The molecule has 24 heavy (non-hydrogen) atoms. The van der Waals surface area contributed by atoms with Crippen LogP contribution in [0.5, 0.6) is 23.0 Å². The van der Waals surface area contributed by atoms with Gasteiger partial charge in [-0.3, -0.25) is 4.79 Å². The highest BCUT2D eigenvalue weighted by molar-refractivity contribution is 6.15. The summed E-state index contributed by atoms with van der Waals surface area (Å²) in [5.74, 6) is 2.83. The van der Waals surface area contributed by atoms with Crippen LogP contribution in [0.4, 0.5) is 0 Å². The molecule has 0 spiro atoms. The smallest absolute Gasteiger partial charge is 0.231 e. The van der Waals surface area contributed by atoms with Gasteiger partial charge in [0.1, 0.15) is 11.5 Å². The maximum Gasteiger partial charge on any atom is 0.231 e. The minimum atomic E-state index is -0.131. The monoisotopic (exact) mass is 324 g/mol. The first kappa shape index (κ1) is 14.6. The van der Waals surface area contributed by atoms with Crippen LogP contribution >= 0.6 is 0 Å². The van der Waals surface area contributed by atoms with Gasteiger partial charge in [0, 0.05) is 5.56 Å². The molecule has 2 aromatic rings. The summed E-state index contributed by atoms with van der Waals surface area (Å²) in [6.07, 6.45) is 1.71. The van der Waals surface area contributed by atoms with Crippen molar-refractivity contribution in [3.63, 3.8) is 0 Å². The van der Waals surface area contributed by atoms with Crippen LogP contribution in [0.25, 0.3) is 6.08 Å². The number of ether oxygens (including phenoxy) is 4. The van der Waals surface area contributed by atoms with Crippen LogP contribution in [0.1, 0.15) is 28.4 Å². The molecular formula is C19H16O5. The lowest BCUT2D eigenvalue weighted by atomic mass is 10.1. The molecule has 122 valence electrons. The standard InChI is InChI=1S/C19H16O5/c1-3-21-14-7-5-13-18(20)17(24-19(13)11(14)2)9-12-4-6-15-16(8-12)23-10-22-15/h4-9H,3,10H2,1-2H3/b17-9-. The maximum absolute atomic E-state index is 12.6. The lowest BCUT2D eigenvalue weighted by molar-refractivity contribution is 0.101. The molecular weight excluding hydrogens is 308 g/mol. The van der Waals surface area contributed by atoms with Crippen molar-refractivity contribution in [3.8, 4) is 23.0 Å². The molecule has 0 saturated heterocycles. The molecule has 5 heteroatoms. The van der Waals surface area contributed by atoms with Crippen molar-refractivity contribution >= 4 is 11.9 Å². The first-order chi connectivity index (χ1) is 11.7. The maximum atomic E-state index is 12.6. The third-order valence-electron chi connectivity index (χ3n) is 4.03. The Morgan fingerprint density at radius 2 is 2.00 bits per heavy atom. The van der Waals surface area contributed by atoms with Crippen molar-refractivity contribution in [2.45, 2.75) is 13.8 Å². The van der Waals surface area contributed by atoms with E-state index >= 15 is 0 Å². The molecule has 2 aliphatic rings. The predicted octanol–water partition coefficient (Wildman–Crippen LogP) is 3.74. The molecule has 2 aliphatic heterocycles. The number of fused-ring (bicyclic) bond motifs is 2. The number of carbonyl (C=O) groups excluding carboxylic acids is 1. The molecule has 0 radical (unpaired) electrons. The zero-order chi connectivity index (χ0) is 16.7. The molecule has 0 unspecified atom stereocenters. The summed E-state index contributed by atoms with van der Waals surface area (Å²) < 4.78 is 22.0. The minimum absolute atomic E-state index is 0.131. The zero-order valence-electron chi connectivity index (χ0n) is 13.4. The third kappa shape index (κ3) is 2.29. The van der Waals surface area contributed by atoms with Gasteiger partial charge in [-0.25, -0.2) is 0 Å². The van der Waals surface area contributed by atoms with Crippen LogP contribution < -0.4 is 18.9 Å². The zero-order valence-corrected chi connectivity index (χ0v) is 13.4. The van der Waals surface area contributed by atoms with Gasteiger partial charge >= 0.3 is 0 Å². The topological polar surface area (TPSA) is 54.0 Å². The van der Waals surface area contributed by atoms with Crippen molar-refractivity contribution in [1.29, 1.82) is 0 Å². The molecule has 0 N–H and O–H groups in total. The Morgan fingerprint density at radius 1 is 1.17 bits per heavy atom. The van der Waals surface area contributed by atoms with E-state index in [1.807, 2.05) is 38.1 Å². The lowest BCUT2D eigenvalue weighted by Crippen LogP contribution is -1.98. The predicted molar refractivity (Wildman–Crippen MR) is 87.8 cm³/mol. The van der Waals surface area contributed by atoms with Crippen molar-refractivity contribution < 1.29 is 23.7 Å². The van der Waals surface area contributed by atoms with E-state index in [4.69, 9.17) is 18.9 Å². The summed E-state index contributed by atoms with van der Waals surface area (Å²) in [5, 5.41) is 0. The molecule has 0 aliphatic carbocycles. The highest BCUT2D eigenvalue weighted by Crippen LogP contribution is 2.40. The van der Waals surface area contributed by atoms with E-state index in [1.165, 1.54) is 0 Å². The molecule has 4 rings (SSSR count). The summed E-state index contributed by atoms with van der Waals surface area (Å²) >= 11 is 0. The summed E-state index contributed by atoms with van der Waals surface area (Å²) in [7, 11) is 0. The number of hydrogen-bond acceptors (Lipinski definition) is 5. The second kappa shape index (κ2) is 5.60. The fraction of sp³-hybridized carbons (Fsp3) is 0.211. The number of rotatable bonds is 3. The van der Waals surface area contributed by atoms with E-state index in [9.17, 15) is 4.79 Å². The molecule has 5 nitrogen and oxygen atoms in total. The highest BCUT2D eigenvalue weighted by Gasteiger charge is 2.30. The van der Waals surface area contributed by atoms with E-state index in [0.717, 1.165) is 16.9 Å². The van der Waals surface area contributed by atoms with Gasteiger partial charge in [0.05, 0.1) is 12.2 Å². The third-order valence-corrected chi connectivity index (χ3v) is 4.03. The van der Waals surface area contributed by atoms with Gasteiger partial charge in [-0.1, -0.05) is 6.07 Å². The van der Waals surface area contributed by atoms with Gasteiger partial charge < -0.3 is 18.9 Å². The Bertz CT molecular complexity index is 866. The Morgan fingerprint density at radius 3 is 2.83 bits per heavy atom. The second-order valence-electron chi connectivity index (χ2n) is 5.55. The van der Waals surface area contributed by atoms with Crippen molar-refractivity contribution in [2.24, 2.45) is 0 Å². The quantitative estimate of drug-likeness (QED) is 0.805. The van der Waals surface area contributed by atoms with Crippen molar-refractivity contribution in [1.82, 2.24) is 0 Å². The van der Waals surface area contributed by atoms with Crippen LogP contribution in [0.2, 0.25) is 0 Å². The molecule has 0 fully saturated rings. The average Bonchev–Trinajstić information content (AvgIpc) is 3.16. The van der Waals surface area contributed by atoms with Gasteiger partial charge in [0.25, 0.3) is 0 Å². The normalized spacial score (nSPS) is 16.2. The molecule has 2 aromatic carbocycles. The summed E-state index contributed by atoms with van der Waals surface area (Å²) in [4.78, 5) is 12.6. The Kier molecular flexibility index (Phi) is 3.41. The molecule has 0 aromatic heterocycles. The van der Waals surface area contributed by atoms with Crippen molar-refractivity contribution in [3.05, 3.63) is 52.8 Å². The van der Waals surface area contributed by atoms with Crippen LogP contribution in [0.15, 0.2) is 36.1 Å². The fourth-order valence-electron chi connectivity index (χ4n) is 2.83. The molecule has 2 heterocycles. The van der Waals surface area contributed by atoms with E-state index in [-0.39, 0.29) is 12.6 Å². The first-order valence-corrected chi connectivity index (χ1v) is 7.77. The molecule has 0 saturated carbocycles. The Balaban J connectivity index is 1.68. The summed E-state index contributed by atoms with van der Waals surface area (Å²) in [5.41, 5.74) is 2.21. The van der Waals surface area contributed by atoms with Gasteiger partial charge in [0.2, 0.25) is 12.6 Å². The number of ketones is 1. The first-order valence-electron chi connectivity index (χ1n) is 7.77. The number of benzene rings is 2. The van der Waals surface area contributed by atoms with Crippen LogP contribution in [0, 0.1) is 6.92 Å². The van der Waals surface area contributed by atoms with Crippen LogP contribution in [-0.4, -0.2) is 19.2 Å².